The third kappa shape index (κ3) is 6.33. The Hall–Kier alpha value is -2.32. The van der Waals surface area contributed by atoms with Gasteiger partial charge in [-0.25, -0.2) is 9.78 Å². The average Bonchev–Trinajstić information content (AvgIpc) is 2.98. The second-order valence-electron chi connectivity index (χ2n) is 7.52. The molecule has 2 amide bonds. The van der Waals surface area contributed by atoms with Crippen molar-refractivity contribution in [2.75, 3.05) is 58.3 Å². The molecule has 0 spiro atoms. The van der Waals surface area contributed by atoms with Gasteiger partial charge in [0.25, 0.3) is 0 Å². The lowest BCUT2D eigenvalue weighted by Gasteiger charge is -2.22. The van der Waals surface area contributed by atoms with Gasteiger partial charge < -0.3 is 24.8 Å². The highest BCUT2D eigenvalue weighted by Gasteiger charge is 2.20. The number of likely N-dealkylation sites (N-methyl/N-ethyl adjacent to an activating group) is 1. The second-order valence-corrected chi connectivity index (χ2v) is 8.35. The van der Waals surface area contributed by atoms with E-state index in [1.165, 1.54) is 0 Å². The summed E-state index contributed by atoms with van der Waals surface area (Å²) in [6, 6.07) is 7.86. The molecule has 0 atom stereocenters. The molecule has 2 heterocycles. The van der Waals surface area contributed by atoms with E-state index in [1.807, 2.05) is 50.2 Å². The van der Waals surface area contributed by atoms with Gasteiger partial charge in [0.1, 0.15) is 12.4 Å². The zero-order valence-electron chi connectivity index (χ0n) is 17.6. The maximum absolute atomic E-state index is 12.7. The zero-order valence-corrected chi connectivity index (χ0v) is 18.4. The largest absolute Gasteiger partial charge is 0.492 e. The number of para-hydroxylation sites is 1. The van der Waals surface area contributed by atoms with Gasteiger partial charge in [0.05, 0.1) is 5.69 Å². The second kappa shape index (κ2) is 10.5. The summed E-state index contributed by atoms with van der Waals surface area (Å²) in [6.07, 6.45) is 0.941. The number of hydrogen-bond donors (Lipinski definition) is 1. The normalized spacial score (nSPS) is 14.8. The zero-order chi connectivity index (χ0) is 20.6. The first-order valence-electron chi connectivity index (χ1n) is 10.1. The molecule has 1 saturated heterocycles. The first-order valence-corrected chi connectivity index (χ1v) is 11.0. The fraction of sp³-hybridized carbons (Fsp3) is 0.524. The van der Waals surface area contributed by atoms with Crippen LogP contribution >= 0.6 is 11.3 Å². The van der Waals surface area contributed by atoms with Gasteiger partial charge in [-0.15, -0.1) is 11.3 Å². The van der Waals surface area contributed by atoms with E-state index < -0.39 is 0 Å². The molecule has 0 saturated carbocycles. The molecule has 1 aliphatic heterocycles. The topological polar surface area (TPSA) is 60.9 Å². The number of rotatable bonds is 7. The molecule has 0 radical (unpaired) electrons. The number of nitrogens with one attached hydrogen (secondary N) is 1. The number of ether oxygens (including phenoxy) is 1. The molecule has 3 rings (SSSR count). The van der Waals surface area contributed by atoms with Crippen molar-refractivity contribution < 1.29 is 9.53 Å². The molecule has 158 valence electrons. The number of aromatic nitrogens is 1. The Labute approximate surface area is 177 Å². The van der Waals surface area contributed by atoms with Crippen molar-refractivity contribution in [1.82, 2.24) is 20.1 Å². The molecule has 1 fully saturated rings. The lowest BCUT2D eigenvalue weighted by atomic mass is 10.2. The number of benzene rings is 1. The van der Waals surface area contributed by atoms with E-state index in [4.69, 9.17) is 4.74 Å². The van der Waals surface area contributed by atoms with Gasteiger partial charge in [-0.1, -0.05) is 18.2 Å². The van der Waals surface area contributed by atoms with Crippen LogP contribution in [0.25, 0.3) is 0 Å². The van der Waals surface area contributed by atoms with E-state index in [1.54, 1.807) is 11.3 Å². The summed E-state index contributed by atoms with van der Waals surface area (Å²) in [4.78, 5) is 23.6. The third-order valence-electron chi connectivity index (χ3n) is 4.86. The van der Waals surface area contributed by atoms with Crippen LogP contribution in [0.5, 0.6) is 5.75 Å². The van der Waals surface area contributed by atoms with E-state index in [-0.39, 0.29) is 6.03 Å². The lowest BCUT2D eigenvalue weighted by Crippen LogP contribution is -2.41. The molecule has 2 aromatic rings. The summed E-state index contributed by atoms with van der Waals surface area (Å²) in [5.41, 5.74) is 2.05. The Balaban J connectivity index is 1.50. The molecule has 1 aromatic heterocycles. The van der Waals surface area contributed by atoms with Crippen molar-refractivity contribution in [3.63, 3.8) is 0 Å². The molecule has 0 bridgehead atoms. The number of hydrogen-bond acceptors (Lipinski definition) is 6. The van der Waals surface area contributed by atoms with Crippen LogP contribution in [-0.4, -0.2) is 74.2 Å². The lowest BCUT2D eigenvalue weighted by molar-refractivity contribution is 0.200. The Kier molecular flexibility index (Phi) is 7.71. The Morgan fingerprint density at radius 3 is 2.83 bits per heavy atom. The minimum atomic E-state index is -0.0229. The smallest absolute Gasteiger partial charge is 0.317 e. The summed E-state index contributed by atoms with van der Waals surface area (Å²) in [6.45, 7) is 7.14. The summed E-state index contributed by atoms with van der Waals surface area (Å²) >= 11 is 1.67. The van der Waals surface area contributed by atoms with Crippen LogP contribution in [0, 0.1) is 6.92 Å². The number of aryl methyl sites for hydroxylation is 1. The number of amides is 2. The molecule has 7 nitrogen and oxygen atoms in total. The molecule has 1 N–H and O–H groups in total. The first-order chi connectivity index (χ1) is 14.0. The molecule has 1 aromatic carbocycles. The minimum absolute atomic E-state index is 0.0229. The van der Waals surface area contributed by atoms with Crippen molar-refractivity contribution in [2.24, 2.45) is 0 Å². The predicted molar refractivity (Wildman–Crippen MR) is 118 cm³/mol. The number of carbonyl (C=O) groups is 1. The standard InChI is InChI=1S/C21H31N5O2S/c1-17-16-29-21(23-17)26-10-6-9-25(11-12-26)20(27)22-15-18-7-4-5-8-19(18)28-14-13-24(2)3/h4-5,7-8,16H,6,9-15H2,1-3H3,(H,22,27). The van der Waals surface area contributed by atoms with Crippen molar-refractivity contribution in [2.45, 2.75) is 19.9 Å². The SMILES string of the molecule is Cc1csc(N2CCCN(C(=O)NCc3ccccc3OCCN(C)C)CC2)n1. The maximum atomic E-state index is 12.7. The summed E-state index contributed by atoms with van der Waals surface area (Å²) in [5.74, 6) is 0.829. The first kappa shape index (κ1) is 21.4. The van der Waals surface area contributed by atoms with Crippen LogP contribution in [-0.2, 0) is 6.54 Å². The van der Waals surface area contributed by atoms with Crippen molar-refractivity contribution in [1.29, 1.82) is 0 Å². The highest BCUT2D eigenvalue weighted by molar-refractivity contribution is 7.13. The Morgan fingerprint density at radius 2 is 2.07 bits per heavy atom. The monoisotopic (exact) mass is 417 g/mol. The Bertz CT molecular complexity index is 795. The molecule has 1 aliphatic rings. The van der Waals surface area contributed by atoms with Crippen LogP contribution in [0.4, 0.5) is 9.93 Å². The van der Waals surface area contributed by atoms with Crippen molar-refractivity contribution in [3.8, 4) is 5.75 Å². The highest BCUT2D eigenvalue weighted by atomic mass is 32.1. The molecule has 29 heavy (non-hydrogen) atoms. The van der Waals surface area contributed by atoms with E-state index in [2.05, 4.69) is 25.5 Å². The number of nitrogens with zero attached hydrogens (tertiary/aromatic N) is 4. The predicted octanol–water partition coefficient (Wildman–Crippen LogP) is 2.81. The molecule has 0 aliphatic carbocycles. The molecular weight excluding hydrogens is 386 g/mol. The molecule has 8 heteroatoms. The van der Waals surface area contributed by atoms with Crippen molar-refractivity contribution >= 4 is 22.5 Å². The summed E-state index contributed by atoms with van der Waals surface area (Å²) in [5, 5.41) is 6.18. The van der Waals surface area contributed by atoms with Crippen LogP contribution in [0.1, 0.15) is 17.7 Å². The van der Waals surface area contributed by atoms with E-state index >= 15 is 0 Å². The molecular formula is C21H31N5O2S. The van der Waals surface area contributed by atoms with E-state index in [0.717, 1.165) is 54.7 Å². The van der Waals surface area contributed by atoms with Gasteiger partial charge in [0.2, 0.25) is 0 Å². The van der Waals surface area contributed by atoms with Gasteiger partial charge in [-0.05, 0) is 33.5 Å². The average molecular weight is 418 g/mol. The number of urea groups is 1. The third-order valence-corrected chi connectivity index (χ3v) is 5.88. The van der Waals surface area contributed by atoms with Gasteiger partial charge in [0.15, 0.2) is 5.13 Å². The van der Waals surface area contributed by atoms with Gasteiger partial charge in [0, 0.05) is 50.2 Å². The summed E-state index contributed by atoms with van der Waals surface area (Å²) < 4.78 is 5.89. The fourth-order valence-corrected chi connectivity index (χ4v) is 4.07. The summed E-state index contributed by atoms with van der Waals surface area (Å²) in [7, 11) is 4.04. The minimum Gasteiger partial charge on any atom is -0.492 e. The van der Waals surface area contributed by atoms with Gasteiger partial charge >= 0.3 is 6.03 Å². The van der Waals surface area contributed by atoms with Gasteiger partial charge in [-0.2, -0.15) is 0 Å². The number of anilines is 1. The van der Waals surface area contributed by atoms with E-state index in [9.17, 15) is 4.79 Å². The van der Waals surface area contributed by atoms with E-state index in [0.29, 0.717) is 19.7 Å². The van der Waals surface area contributed by atoms with Crippen LogP contribution < -0.4 is 15.0 Å². The van der Waals surface area contributed by atoms with Crippen LogP contribution in [0.2, 0.25) is 0 Å². The Morgan fingerprint density at radius 1 is 1.24 bits per heavy atom. The van der Waals surface area contributed by atoms with Gasteiger partial charge in [-0.3, -0.25) is 0 Å². The van der Waals surface area contributed by atoms with Crippen LogP contribution in [0.15, 0.2) is 29.6 Å². The number of thiazole rings is 1. The van der Waals surface area contributed by atoms with Crippen LogP contribution in [0.3, 0.4) is 0 Å². The highest BCUT2D eigenvalue weighted by Crippen LogP contribution is 2.22. The molecule has 0 unspecified atom stereocenters. The maximum Gasteiger partial charge on any atom is 0.317 e. The van der Waals surface area contributed by atoms with Crippen molar-refractivity contribution in [3.05, 3.63) is 40.9 Å². The number of carbonyl (C=O) groups excluding carboxylic acids is 1. The fourth-order valence-electron chi connectivity index (χ4n) is 3.21. The quantitative estimate of drug-likeness (QED) is 0.751.